The van der Waals surface area contributed by atoms with Gasteiger partial charge in [0.05, 0.1) is 25.2 Å². The van der Waals surface area contributed by atoms with E-state index >= 15 is 0 Å². The molecule has 0 unspecified atom stereocenters. The van der Waals surface area contributed by atoms with Crippen molar-refractivity contribution in [1.29, 1.82) is 0 Å². The zero-order chi connectivity index (χ0) is 48.3. The van der Waals surface area contributed by atoms with Gasteiger partial charge in [0.15, 0.2) is 12.3 Å². The van der Waals surface area contributed by atoms with E-state index in [2.05, 4.69) is 31.9 Å². The number of hydrogen-bond acceptors (Lipinski definition) is 14. The summed E-state index contributed by atoms with van der Waals surface area (Å²) < 4.78 is 17.0. The average molecular weight is 908 g/mol. The van der Waals surface area contributed by atoms with Gasteiger partial charge in [-0.3, -0.25) is 33.6 Å². The van der Waals surface area contributed by atoms with E-state index < -0.39 is 132 Å². The largest absolute Gasteiger partial charge is 0.488 e. The second-order valence-corrected chi connectivity index (χ2v) is 17.9. The highest BCUT2D eigenvalue weighted by Gasteiger charge is 2.46. The Bertz CT molecular complexity index is 1830. The molecule has 1 aromatic rings. The molecule has 0 aliphatic carbocycles. The number of carboxylic acid groups (broad SMARTS) is 1. The van der Waals surface area contributed by atoms with E-state index in [1.807, 2.05) is 20.8 Å². The summed E-state index contributed by atoms with van der Waals surface area (Å²) in [6.07, 6.45) is -6.40. The highest BCUT2D eigenvalue weighted by Crippen LogP contribution is 2.23. The van der Waals surface area contributed by atoms with Crippen LogP contribution in [0.3, 0.4) is 0 Å². The molecule has 0 radical (unpaired) electrons. The lowest BCUT2D eigenvalue weighted by molar-refractivity contribution is -0.203. The molecule has 2 aliphatic heterocycles. The number of rotatable bonds is 19. The number of carbonyl (C=O) groups excluding carboxylic acids is 7. The minimum absolute atomic E-state index is 0.0410. The molecule has 2 saturated heterocycles. The molecule has 0 aromatic heterocycles. The monoisotopic (exact) mass is 907 g/mol. The third kappa shape index (κ3) is 16.3. The van der Waals surface area contributed by atoms with E-state index in [4.69, 9.17) is 14.2 Å². The summed E-state index contributed by atoms with van der Waals surface area (Å²) in [7, 11) is 0. The molecule has 64 heavy (non-hydrogen) atoms. The topological polar surface area (TPSA) is 321 Å². The number of hydrogen-bond donors (Lipinski definition) is 10. The molecule has 22 heteroatoms. The van der Waals surface area contributed by atoms with E-state index in [-0.39, 0.29) is 26.0 Å². The molecule has 22 nitrogen and oxygen atoms in total. The molecule has 7 amide bonds. The van der Waals surface area contributed by atoms with Gasteiger partial charge in [-0.25, -0.2) is 4.79 Å². The fourth-order valence-electron chi connectivity index (χ4n) is 6.93. The Morgan fingerprint density at radius 3 is 1.98 bits per heavy atom. The smallest absolute Gasteiger partial charge is 0.328 e. The molecule has 3 rings (SSSR count). The normalized spacial score (nSPS) is 23.0. The van der Waals surface area contributed by atoms with Crippen molar-refractivity contribution in [3.05, 3.63) is 29.8 Å². The lowest BCUT2D eigenvalue weighted by atomic mass is 9.95. The minimum atomic E-state index is -1.67. The zero-order valence-electron chi connectivity index (χ0n) is 37.8. The van der Waals surface area contributed by atoms with E-state index in [1.165, 1.54) is 6.92 Å². The molecule has 10 N–H and O–H groups in total. The number of likely N-dealkylation sites (tertiary alicyclic amines) is 1. The summed E-state index contributed by atoms with van der Waals surface area (Å²) in [5, 5.41) is 55.2. The van der Waals surface area contributed by atoms with Crippen molar-refractivity contribution in [2.45, 2.75) is 160 Å². The predicted octanol–water partition coefficient (Wildman–Crippen LogP) is -2.27. The van der Waals surface area contributed by atoms with Gasteiger partial charge in [0.25, 0.3) is 0 Å². The molecule has 0 saturated carbocycles. The Balaban J connectivity index is 1.76. The van der Waals surface area contributed by atoms with Crippen molar-refractivity contribution in [3.8, 4) is 5.75 Å². The number of benzene rings is 1. The van der Waals surface area contributed by atoms with E-state index in [9.17, 15) is 58.8 Å². The molecule has 2 fully saturated rings. The molecule has 358 valence electrons. The van der Waals surface area contributed by atoms with Crippen LogP contribution in [0.1, 0.15) is 87.1 Å². The number of carbonyl (C=O) groups is 8. The Labute approximate surface area is 371 Å². The zero-order valence-corrected chi connectivity index (χ0v) is 37.8. The summed E-state index contributed by atoms with van der Waals surface area (Å²) >= 11 is 0. The maximum atomic E-state index is 13.9. The van der Waals surface area contributed by atoms with Crippen molar-refractivity contribution in [2.75, 3.05) is 19.8 Å². The van der Waals surface area contributed by atoms with Crippen LogP contribution in [-0.4, -0.2) is 164 Å². The third-order valence-electron chi connectivity index (χ3n) is 9.97. The first kappa shape index (κ1) is 52.9. The molecular formula is C42H65N7O15. The number of aliphatic carboxylic acids is 1. The van der Waals surface area contributed by atoms with Crippen molar-refractivity contribution in [1.82, 2.24) is 36.8 Å². The van der Waals surface area contributed by atoms with Gasteiger partial charge < -0.3 is 71.4 Å². The van der Waals surface area contributed by atoms with Crippen LogP contribution in [0.2, 0.25) is 0 Å². The van der Waals surface area contributed by atoms with Gasteiger partial charge in [-0.15, -0.1) is 0 Å². The van der Waals surface area contributed by atoms with Gasteiger partial charge >= 0.3 is 5.97 Å². The average Bonchev–Trinajstić information content (AvgIpc) is 3.68. The maximum Gasteiger partial charge on any atom is 0.328 e. The molecule has 10 atom stereocenters. The first-order chi connectivity index (χ1) is 29.7. The Hall–Kier alpha value is -5.42. The van der Waals surface area contributed by atoms with Crippen LogP contribution in [0.15, 0.2) is 24.3 Å². The van der Waals surface area contributed by atoms with Crippen LogP contribution in [0, 0.1) is 0 Å². The van der Waals surface area contributed by atoms with Gasteiger partial charge in [-0.2, -0.15) is 0 Å². The van der Waals surface area contributed by atoms with Gasteiger partial charge in [-0.1, -0.05) is 12.1 Å². The molecule has 0 spiro atoms. The van der Waals surface area contributed by atoms with Gasteiger partial charge in [-0.05, 0) is 79.0 Å². The van der Waals surface area contributed by atoms with E-state index in [0.717, 1.165) is 18.7 Å². The number of amides is 7. The predicted molar refractivity (Wildman–Crippen MR) is 226 cm³/mol. The fourth-order valence-corrected chi connectivity index (χ4v) is 6.93. The fraction of sp³-hybridized carbons (Fsp3) is 0.667. The van der Waals surface area contributed by atoms with Crippen LogP contribution in [0.5, 0.6) is 5.75 Å². The van der Waals surface area contributed by atoms with Gasteiger partial charge in [0.2, 0.25) is 41.4 Å². The number of aliphatic hydroxyl groups excluding tert-OH is 3. The highest BCUT2D eigenvalue weighted by atomic mass is 16.5. The molecule has 2 aliphatic rings. The molecule has 1 aromatic carbocycles. The summed E-state index contributed by atoms with van der Waals surface area (Å²) in [5.41, 5.74) is -0.618. The quantitative estimate of drug-likeness (QED) is 0.0700. The van der Waals surface area contributed by atoms with Gasteiger partial charge in [0.1, 0.15) is 59.9 Å². The number of nitrogens with zero attached hydrogens (tertiary/aromatic N) is 1. The second kappa shape index (κ2) is 23.0. The van der Waals surface area contributed by atoms with Crippen molar-refractivity contribution >= 4 is 47.3 Å². The van der Waals surface area contributed by atoms with E-state index in [1.54, 1.807) is 45.0 Å². The van der Waals surface area contributed by atoms with Crippen molar-refractivity contribution in [3.63, 3.8) is 0 Å². The summed E-state index contributed by atoms with van der Waals surface area (Å²) in [5.74, 6) is -6.26. The molecular weight excluding hydrogens is 842 g/mol. The van der Waals surface area contributed by atoms with Crippen LogP contribution in [-0.2, 0) is 54.3 Å². The van der Waals surface area contributed by atoms with Gasteiger partial charge in [0, 0.05) is 26.8 Å². The number of carboxylic acids is 1. The van der Waals surface area contributed by atoms with Crippen LogP contribution < -0.4 is 36.6 Å². The first-order valence-electron chi connectivity index (χ1n) is 21.0. The number of ether oxygens (including phenoxy) is 3. The van der Waals surface area contributed by atoms with E-state index in [0.29, 0.717) is 17.7 Å². The summed E-state index contributed by atoms with van der Waals surface area (Å²) in [4.78, 5) is 106. The molecule has 2 heterocycles. The maximum absolute atomic E-state index is 13.9. The SMILES string of the molecule is CC(=O)N[C@@H]1[C@@H](O)[C@H](O)[C@@H](CO)O[C@H]1NC(=O)C[C@H](NC(C)=O)C(=O)N1CCC[C@H]1C(=O)N[C@@H](C)C(=O)N[C@@H](Cc1ccc(OC(C)(C)C)cc1)C(=O)N[C@@H](COC(C)(C)C)C(=O)O. The Morgan fingerprint density at radius 1 is 0.812 bits per heavy atom. The van der Waals surface area contributed by atoms with Crippen LogP contribution in [0.4, 0.5) is 0 Å². The highest BCUT2D eigenvalue weighted by molar-refractivity contribution is 5.97. The minimum Gasteiger partial charge on any atom is -0.488 e. The third-order valence-corrected chi connectivity index (χ3v) is 9.97. The Morgan fingerprint density at radius 2 is 1.44 bits per heavy atom. The van der Waals surface area contributed by atoms with Crippen molar-refractivity contribution in [2.24, 2.45) is 0 Å². The van der Waals surface area contributed by atoms with Crippen molar-refractivity contribution < 1.29 is 73.0 Å². The number of aliphatic hydroxyl groups is 3. The number of nitrogens with one attached hydrogen (secondary N) is 6. The standard InChI is InChI=1S/C42H65N7O15/c1-21(35(56)46-26(17-24-12-14-25(15-13-24)64-42(7,8)9)36(57)47-28(40(60)61)20-62-41(4,5)6)43-37(58)29-11-10-16-49(29)39(59)27(44-22(2)51)18-31(53)48-38-32(45-23(3)52)34(55)33(54)30(19-50)63-38/h12-15,21,26-30,32-34,38,50,54-55H,10-11,16-20H2,1-9H3,(H,43,58)(H,44,51)(H,45,52)(H,46,56)(H,47,57)(H,48,53)(H,60,61)/t21-,26-,27-,28-,29-,30+,32+,33+,34+,38+/m0/s1. The summed E-state index contributed by atoms with van der Waals surface area (Å²) in [6, 6.07) is -1.36. The summed E-state index contributed by atoms with van der Waals surface area (Å²) in [6.45, 7) is 13.3. The molecule has 0 bridgehead atoms. The first-order valence-corrected chi connectivity index (χ1v) is 21.0. The lowest BCUT2D eigenvalue weighted by Crippen LogP contribution is -2.68. The van der Waals surface area contributed by atoms with Crippen LogP contribution in [0.25, 0.3) is 0 Å². The second-order valence-electron chi connectivity index (χ2n) is 17.9. The lowest BCUT2D eigenvalue weighted by Gasteiger charge is -2.42. The van der Waals surface area contributed by atoms with Crippen LogP contribution >= 0.6 is 0 Å². The Kier molecular flexibility index (Phi) is 19.0.